The highest BCUT2D eigenvalue weighted by atomic mass is 32.2. The Morgan fingerprint density at radius 1 is 1.10 bits per heavy atom. The summed E-state index contributed by atoms with van der Waals surface area (Å²) >= 11 is 1.29. The number of thiazole rings is 1. The van der Waals surface area contributed by atoms with Gasteiger partial charge in [0.1, 0.15) is 5.82 Å². The molecular weight excluding hydrogens is 535 g/mol. The third-order valence-electron chi connectivity index (χ3n) is 7.40. The van der Waals surface area contributed by atoms with Gasteiger partial charge in [-0.15, -0.1) is 0 Å². The number of aryl methyl sites for hydroxylation is 2. The van der Waals surface area contributed by atoms with E-state index in [0.29, 0.717) is 10.8 Å². The van der Waals surface area contributed by atoms with Gasteiger partial charge in [-0.2, -0.15) is 8.51 Å². The summed E-state index contributed by atoms with van der Waals surface area (Å²) in [6, 6.07) is 14.1. The average molecular weight is 570 g/mol. The van der Waals surface area contributed by atoms with Crippen molar-refractivity contribution < 1.29 is 12.8 Å². The molecule has 1 N–H and O–H groups in total. The van der Waals surface area contributed by atoms with Gasteiger partial charge in [-0.1, -0.05) is 47.7 Å². The standard InChI is InChI=1S/C28H33FN6O2S2/c1-21(33(3)39(36,37)27-19-31-28(38-27)34-16-14-32(2)15-17-34)24-6-4-5-7-25(24)26-18-30-20-35(26)13-12-22-8-10-23(29)11-9-22/h4-11,18-21H,12-17H2,1-3H3/p+1. The Balaban J connectivity index is 1.36. The smallest absolute Gasteiger partial charge is 0.345 e. The van der Waals surface area contributed by atoms with Crippen molar-refractivity contribution >= 4 is 26.5 Å². The lowest BCUT2D eigenvalue weighted by Crippen LogP contribution is -2.44. The first-order valence-electron chi connectivity index (χ1n) is 13.0. The number of nitrogens with zero attached hydrogens (tertiary/aromatic N) is 6. The molecule has 2 unspecified atom stereocenters. The van der Waals surface area contributed by atoms with E-state index in [9.17, 15) is 12.8 Å². The zero-order valence-corrected chi connectivity index (χ0v) is 24.0. The van der Waals surface area contributed by atoms with Crippen molar-refractivity contribution in [2.75, 3.05) is 45.2 Å². The van der Waals surface area contributed by atoms with E-state index >= 15 is 0 Å². The third kappa shape index (κ3) is 5.91. The van der Waals surface area contributed by atoms with Crippen LogP contribution in [-0.2, 0) is 23.0 Å². The molecule has 0 spiro atoms. The summed E-state index contributed by atoms with van der Waals surface area (Å²) in [4.78, 5) is 13.3. The Bertz CT molecular complexity index is 1510. The lowest BCUT2D eigenvalue weighted by Gasteiger charge is -2.32. The van der Waals surface area contributed by atoms with Crippen molar-refractivity contribution in [2.24, 2.45) is 0 Å². The van der Waals surface area contributed by atoms with Crippen LogP contribution >= 0.6 is 11.3 Å². The molecule has 2 atom stereocenters. The van der Waals surface area contributed by atoms with Crippen LogP contribution in [0.1, 0.15) is 24.1 Å². The van der Waals surface area contributed by atoms with Crippen LogP contribution in [0, 0.1) is 5.82 Å². The number of rotatable bonds is 9. The van der Waals surface area contributed by atoms with Crippen LogP contribution in [0.15, 0.2) is 71.5 Å². The van der Waals surface area contributed by atoms with Gasteiger partial charge in [0.2, 0.25) is 4.21 Å². The molecule has 3 heterocycles. The molecule has 2 aromatic heterocycles. The van der Waals surface area contributed by atoms with Crippen molar-refractivity contribution in [3.05, 3.63) is 84.2 Å². The van der Waals surface area contributed by atoms with Gasteiger partial charge in [0.25, 0.3) is 0 Å². The van der Waals surface area contributed by atoms with Gasteiger partial charge in [-0.3, -0.25) is 0 Å². The minimum absolute atomic E-state index is 0.247. The topological polar surface area (TPSA) is 78.9 Å². The Morgan fingerprint density at radius 2 is 1.82 bits per heavy atom. The van der Waals surface area contributed by atoms with Crippen molar-refractivity contribution in [2.45, 2.75) is 30.1 Å². The number of piperazine rings is 1. The molecule has 1 aliphatic heterocycles. The fraction of sp³-hybridized carbons (Fsp3) is 0.357. The van der Waals surface area contributed by atoms with Gasteiger partial charge in [0.15, 0.2) is 5.13 Å². The van der Waals surface area contributed by atoms with E-state index in [1.165, 1.54) is 27.8 Å². The Kier molecular flexibility index (Phi) is 8.13. The highest BCUT2D eigenvalue weighted by Crippen LogP contribution is 2.35. The van der Waals surface area contributed by atoms with Gasteiger partial charge in [-0.05, 0) is 43.7 Å². The normalized spacial score (nSPS) is 16.9. The molecule has 4 aromatic rings. The number of aromatic nitrogens is 3. The quantitative estimate of drug-likeness (QED) is 0.274. The van der Waals surface area contributed by atoms with Crippen LogP contribution in [0.5, 0.6) is 0 Å². The van der Waals surface area contributed by atoms with Crippen LogP contribution < -0.4 is 4.90 Å². The van der Waals surface area contributed by atoms with Crippen LogP contribution in [0.25, 0.3) is 11.3 Å². The first kappa shape index (κ1) is 27.4. The Morgan fingerprint density at radius 3 is 2.56 bits per heavy atom. The number of imidazole rings is 1. The number of hydrogen-bond donors (Lipinski definition) is 0. The summed E-state index contributed by atoms with van der Waals surface area (Å²) in [5.41, 5.74) is 3.84. The highest BCUT2D eigenvalue weighted by molar-refractivity contribution is 7.91. The van der Waals surface area contributed by atoms with Crippen LogP contribution in [-0.4, -0.2) is 72.4 Å². The van der Waals surface area contributed by atoms with Gasteiger partial charge < -0.3 is 14.4 Å². The first-order valence-corrected chi connectivity index (χ1v) is 15.3. The lowest BCUT2D eigenvalue weighted by molar-refractivity contribution is 0.313. The number of hydrogen-bond acceptors (Lipinski definition) is 6. The highest BCUT2D eigenvalue weighted by Gasteiger charge is 2.35. The molecule has 11 heteroatoms. The fourth-order valence-corrected chi connectivity index (χ4v) is 7.52. The van der Waals surface area contributed by atoms with E-state index in [-0.39, 0.29) is 11.9 Å². The predicted octanol–water partition coefficient (Wildman–Crippen LogP) is 4.68. The Labute approximate surface area is 233 Å². The summed E-state index contributed by atoms with van der Waals surface area (Å²) in [6.07, 6.45) is 5.88. The van der Waals surface area contributed by atoms with Gasteiger partial charge >= 0.3 is 10.0 Å². The van der Waals surface area contributed by atoms with E-state index in [1.54, 1.807) is 31.7 Å². The molecule has 2 aromatic carbocycles. The van der Waals surface area contributed by atoms with Crippen LogP contribution in [0.4, 0.5) is 9.52 Å². The van der Waals surface area contributed by atoms with E-state index < -0.39 is 10.0 Å². The number of halogens is 1. The lowest BCUT2D eigenvalue weighted by atomic mass is 9.99. The summed E-state index contributed by atoms with van der Waals surface area (Å²) in [6.45, 7) is 6.20. The van der Waals surface area contributed by atoms with Crippen LogP contribution in [0.3, 0.4) is 0 Å². The predicted molar refractivity (Wildman–Crippen MR) is 154 cm³/mol. The molecule has 0 aliphatic carbocycles. The molecule has 1 aliphatic rings. The summed E-state index contributed by atoms with van der Waals surface area (Å²) in [7, 11) is 0.269. The minimum Gasteiger partial charge on any atom is -0.345 e. The minimum atomic E-state index is -3.51. The van der Waals surface area contributed by atoms with E-state index in [2.05, 4.69) is 31.4 Å². The second-order valence-corrected chi connectivity index (χ2v) is 13.2. The average Bonchev–Trinajstić information content (AvgIpc) is 3.63. The van der Waals surface area contributed by atoms with Crippen molar-refractivity contribution in [3.8, 4) is 11.3 Å². The molecule has 206 valence electrons. The molecule has 0 bridgehead atoms. The third-order valence-corrected chi connectivity index (χ3v) is 10.9. The number of anilines is 1. The van der Waals surface area contributed by atoms with Crippen molar-refractivity contribution in [3.63, 3.8) is 0 Å². The fourth-order valence-electron chi connectivity index (χ4n) is 4.79. The largest absolute Gasteiger partial charge is 0.387 e. The monoisotopic (exact) mass is 569 g/mol. The summed E-state index contributed by atoms with van der Waals surface area (Å²) < 4.78 is 42.3. The second-order valence-electron chi connectivity index (χ2n) is 9.91. The number of likely N-dealkylation sites (N-methyl/N-ethyl adjacent to an activating group) is 1. The van der Waals surface area contributed by atoms with Gasteiger partial charge in [-0.25, -0.2) is 18.6 Å². The van der Waals surface area contributed by atoms with Gasteiger partial charge in [0.05, 0.1) is 30.5 Å². The van der Waals surface area contributed by atoms with Crippen LogP contribution in [0.2, 0.25) is 0 Å². The van der Waals surface area contributed by atoms with Crippen molar-refractivity contribution in [1.82, 2.24) is 23.7 Å². The molecule has 0 amide bonds. The van der Waals surface area contributed by atoms with Gasteiger partial charge in [0, 0.05) is 45.3 Å². The van der Waals surface area contributed by atoms with E-state index in [0.717, 1.165) is 60.1 Å². The molecule has 1 saturated heterocycles. The molecule has 39 heavy (non-hydrogen) atoms. The maximum atomic E-state index is 13.8. The zero-order valence-electron chi connectivity index (χ0n) is 22.4. The molecular formula is C28H34FN6O2S2+. The maximum Gasteiger partial charge on any atom is 0.387 e. The van der Waals surface area contributed by atoms with E-state index in [4.69, 9.17) is 0 Å². The van der Waals surface area contributed by atoms with E-state index in [1.807, 2.05) is 37.4 Å². The molecule has 1 fully saturated rings. The molecule has 0 radical (unpaired) electrons. The SMILES string of the molecule is CC(c1ccccc1-c1cncn1CCc1ccc(F)cc1)N(C)S(=O)(=[OH+])c1cnc(N2CCN(C)CC2)s1. The summed E-state index contributed by atoms with van der Waals surface area (Å²) in [5.74, 6) is -0.247. The van der Waals surface area contributed by atoms with Crippen molar-refractivity contribution in [1.29, 1.82) is 0 Å². The second kappa shape index (κ2) is 11.5. The first-order chi connectivity index (χ1) is 18.7. The number of benzene rings is 2. The zero-order chi connectivity index (χ0) is 27.6. The maximum absolute atomic E-state index is 13.8. The molecule has 5 rings (SSSR count). The molecule has 0 saturated carbocycles. The Hall–Kier alpha value is -3.12. The summed E-state index contributed by atoms with van der Waals surface area (Å²) in [5, 5.41) is 0.784. The molecule has 8 nitrogen and oxygen atoms in total.